The molecule has 12 rings (SSSR count). The van der Waals surface area contributed by atoms with Crippen LogP contribution < -0.4 is 0 Å². The number of rotatable bonds is 4. The van der Waals surface area contributed by atoms with Crippen LogP contribution in [0.4, 0.5) is 0 Å². The molecule has 0 radical (unpaired) electrons. The molecule has 10 aromatic rings. The summed E-state index contributed by atoms with van der Waals surface area (Å²) in [7, 11) is 0. The molecule has 0 N–H and O–H groups in total. The Bertz CT molecular complexity index is 3080. The van der Waals surface area contributed by atoms with Crippen molar-refractivity contribution in [1.29, 1.82) is 0 Å². The molecule has 56 heavy (non-hydrogen) atoms. The summed E-state index contributed by atoms with van der Waals surface area (Å²) < 4.78 is 6.90. The van der Waals surface area contributed by atoms with E-state index in [4.69, 9.17) is 14.4 Å². The highest BCUT2D eigenvalue weighted by atomic mass is 16.3. The van der Waals surface area contributed by atoms with Gasteiger partial charge in [0.2, 0.25) is 0 Å². The Hall–Kier alpha value is -7.36. The fourth-order valence-electron chi connectivity index (χ4n) is 9.59. The first-order chi connectivity index (χ1) is 27.8. The number of nitrogens with zero attached hydrogens (tertiary/aromatic N) is 2. The summed E-state index contributed by atoms with van der Waals surface area (Å²) in [5.74, 6) is 0.688. The van der Waals surface area contributed by atoms with Gasteiger partial charge in [0.05, 0.1) is 16.8 Å². The Morgan fingerprint density at radius 1 is 0.357 bits per heavy atom. The summed E-state index contributed by atoms with van der Waals surface area (Å²) in [6.45, 7) is 0. The lowest BCUT2D eigenvalue weighted by Crippen LogP contribution is -2.25. The lowest BCUT2D eigenvalue weighted by molar-refractivity contribution is 0.670. The topological polar surface area (TPSA) is 38.9 Å². The van der Waals surface area contributed by atoms with Gasteiger partial charge in [-0.1, -0.05) is 170 Å². The van der Waals surface area contributed by atoms with E-state index in [1.54, 1.807) is 0 Å². The highest BCUT2D eigenvalue weighted by Crippen LogP contribution is 2.63. The van der Waals surface area contributed by atoms with Crippen molar-refractivity contribution in [3.8, 4) is 67.3 Å². The van der Waals surface area contributed by atoms with Gasteiger partial charge in [-0.25, -0.2) is 9.97 Å². The summed E-state index contributed by atoms with van der Waals surface area (Å²) in [5, 5.41) is 2.11. The molecule has 260 valence electrons. The van der Waals surface area contributed by atoms with Gasteiger partial charge in [0.15, 0.2) is 5.82 Å². The number of hydrogen-bond acceptors (Lipinski definition) is 3. The van der Waals surface area contributed by atoms with Crippen LogP contribution in [0.3, 0.4) is 0 Å². The van der Waals surface area contributed by atoms with Gasteiger partial charge < -0.3 is 4.42 Å². The molecule has 3 heteroatoms. The molecule has 0 fully saturated rings. The third kappa shape index (κ3) is 4.28. The van der Waals surface area contributed by atoms with E-state index in [-0.39, 0.29) is 0 Å². The van der Waals surface area contributed by atoms with Crippen LogP contribution in [0.15, 0.2) is 199 Å². The van der Waals surface area contributed by atoms with E-state index in [0.29, 0.717) is 5.82 Å². The smallest absolute Gasteiger partial charge is 0.160 e. The summed E-state index contributed by atoms with van der Waals surface area (Å²) in [5.41, 5.74) is 18.7. The molecule has 0 saturated carbocycles. The summed E-state index contributed by atoms with van der Waals surface area (Å²) in [6, 6.07) is 69.4. The second-order valence-electron chi connectivity index (χ2n) is 14.8. The average Bonchev–Trinajstić information content (AvgIpc) is 3.91. The molecule has 8 aromatic carbocycles. The number of hydrogen-bond donors (Lipinski definition) is 0. The molecule has 0 unspecified atom stereocenters. The van der Waals surface area contributed by atoms with Gasteiger partial charge in [-0.05, 0) is 74.3 Å². The van der Waals surface area contributed by atoms with Gasteiger partial charge in [-0.15, -0.1) is 0 Å². The molecule has 0 amide bonds. The Balaban J connectivity index is 1.11. The Kier molecular flexibility index (Phi) is 6.55. The van der Waals surface area contributed by atoms with Gasteiger partial charge in [0.1, 0.15) is 11.2 Å². The highest BCUT2D eigenvalue weighted by Gasteiger charge is 2.51. The number of fused-ring (bicyclic) bond motifs is 13. The fourth-order valence-corrected chi connectivity index (χ4v) is 9.59. The number of benzene rings is 8. The van der Waals surface area contributed by atoms with Crippen molar-refractivity contribution in [2.45, 2.75) is 5.41 Å². The Morgan fingerprint density at radius 2 is 0.875 bits per heavy atom. The highest BCUT2D eigenvalue weighted by molar-refractivity contribution is 6.16. The van der Waals surface area contributed by atoms with E-state index in [9.17, 15) is 0 Å². The SMILES string of the molecule is c1ccc(-c2cc(-c3ccc(-c4ccc5c(c4)C4(c6ccccc6-c6ccccc64)c4ccccc4-5)c4oc5ccccc5c34)nc(-c3ccccc3)n2)cc1. The largest absolute Gasteiger partial charge is 0.455 e. The minimum Gasteiger partial charge on any atom is -0.455 e. The zero-order chi connectivity index (χ0) is 36.8. The molecule has 2 aliphatic carbocycles. The van der Waals surface area contributed by atoms with Crippen LogP contribution in [-0.2, 0) is 5.41 Å². The molecule has 1 spiro atoms. The van der Waals surface area contributed by atoms with E-state index in [1.807, 2.05) is 30.3 Å². The summed E-state index contributed by atoms with van der Waals surface area (Å²) >= 11 is 0. The molecule has 0 bridgehead atoms. The molecular formula is C53H32N2O. The van der Waals surface area contributed by atoms with E-state index >= 15 is 0 Å². The minimum absolute atomic E-state index is 0.426. The third-order valence-corrected chi connectivity index (χ3v) is 11.9. The van der Waals surface area contributed by atoms with Gasteiger partial charge in [0, 0.05) is 33.0 Å². The van der Waals surface area contributed by atoms with E-state index in [1.165, 1.54) is 44.5 Å². The fraction of sp³-hybridized carbons (Fsp3) is 0.0189. The van der Waals surface area contributed by atoms with E-state index in [2.05, 4.69) is 164 Å². The third-order valence-electron chi connectivity index (χ3n) is 11.9. The molecule has 3 nitrogen and oxygen atoms in total. The lowest BCUT2D eigenvalue weighted by atomic mass is 9.70. The normalized spacial score (nSPS) is 13.1. The van der Waals surface area contributed by atoms with Crippen molar-refractivity contribution >= 4 is 21.9 Å². The van der Waals surface area contributed by atoms with Gasteiger partial charge in [0.25, 0.3) is 0 Å². The monoisotopic (exact) mass is 712 g/mol. The number of furan rings is 1. The van der Waals surface area contributed by atoms with Crippen molar-refractivity contribution in [2.24, 2.45) is 0 Å². The van der Waals surface area contributed by atoms with E-state index < -0.39 is 5.41 Å². The average molecular weight is 713 g/mol. The standard InChI is InChI=1S/C53H32N2O/c1-3-15-33(16-4-1)47-32-48(55-52(54-47)34-17-5-2-6-18-34)41-30-29-36(51-50(41)42-22-10-14-26-49(42)56-51)35-27-28-40-39-21-9-13-25-45(39)53(46(40)31-35)43-23-11-7-19-37(43)38-20-8-12-24-44(38)53/h1-32H. The van der Waals surface area contributed by atoms with Crippen LogP contribution in [0.2, 0.25) is 0 Å². The van der Waals surface area contributed by atoms with Crippen LogP contribution in [-0.4, -0.2) is 9.97 Å². The molecule has 2 aliphatic rings. The van der Waals surface area contributed by atoms with Gasteiger partial charge in [-0.2, -0.15) is 0 Å². The maximum absolute atomic E-state index is 6.90. The van der Waals surface area contributed by atoms with Crippen molar-refractivity contribution in [3.63, 3.8) is 0 Å². The quantitative estimate of drug-likeness (QED) is 0.182. The Morgan fingerprint density at radius 3 is 1.55 bits per heavy atom. The second kappa shape index (κ2) is 11.8. The number of aromatic nitrogens is 2. The predicted octanol–water partition coefficient (Wildman–Crippen LogP) is 13.4. The van der Waals surface area contributed by atoms with Crippen LogP contribution in [0.1, 0.15) is 22.3 Å². The van der Waals surface area contributed by atoms with Gasteiger partial charge >= 0.3 is 0 Å². The first-order valence-corrected chi connectivity index (χ1v) is 19.2. The zero-order valence-electron chi connectivity index (χ0n) is 30.3. The van der Waals surface area contributed by atoms with Crippen molar-refractivity contribution in [1.82, 2.24) is 9.97 Å². The van der Waals surface area contributed by atoms with Crippen molar-refractivity contribution in [2.75, 3.05) is 0 Å². The van der Waals surface area contributed by atoms with Gasteiger partial charge in [-0.3, -0.25) is 0 Å². The second-order valence-corrected chi connectivity index (χ2v) is 14.8. The maximum Gasteiger partial charge on any atom is 0.160 e. The molecule has 2 heterocycles. The molecule has 2 aromatic heterocycles. The van der Waals surface area contributed by atoms with Crippen LogP contribution in [0, 0.1) is 0 Å². The van der Waals surface area contributed by atoms with Crippen LogP contribution >= 0.6 is 0 Å². The lowest BCUT2D eigenvalue weighted by Gasteiger charge is -2.30. The molecular weight excluding hydrogens is 681 g/mol. The van der Waals surface area contributed by atoms with Crippen molar-refractivity contribution < 1.29 is 4.42 Å². The maximum atomic E-state index is 6.90. The summed E-state index contributed by atoms with van der Waals surface area (Å²) in [4.78, 5) is 10.3. The van der Waals surface area contributed by atoms with Crippen LogP contribution in [0.25, 0.3) is 89.2 Å². The van der Waals surface area contributed by atoms with Crippen molar-refractivity contribution in [3.05, 3.63) is 216 Å². The number of para-hydroxylation sites is 1. The van der Waals surface area contributed by atoms with E-state index in [0.717, 1.165) is 61.1 Å². The first kappa shape index (κ1) is 31.0. The molecule has 0 aliphatic heterocycles. The van der Waals surface area contributed by atoms with Crippen LogP contribution in [0.5, 0.6) is 0 Å². The predicted molar refractivity (Wildman–Crippen MR) is 227 cm³/mol. The molecule has 0 saturated heterocycles. The minimum atomic E-state index is -0.426. The molecule has 0 atom stereocenters. The summed E-state index contributed by atoms with van der Waals surface area (Å²) in [6.07, 6.45) is 0. The Labute approximate surface area is 324 Å². The first-order valence-electron chi connectivity index (χ1n) is 19.2. The zero-order valence-corrected chi connectivity index (χ0v) is 30.3.